The van der Waals surface area contributed by atoms with Gasteiger partial charge in [-0.25, -0.2) is 0 Å². The van der Waals surface area contributed by atoms with Crippen molar-refractivity contribution in [2.45, 2.75) is 51.0 Å². The maximum Gasteiger partial charge on any atom is 0.303 e. The standard InChI is InChI=1S/C14H23NO4/c16-13(17)7-6-12-5-1-2-8-15(12)14(18)11-4-3-9-19-10-11/h11-12H,1-10H2,(H,16,17)/t11-,12-/m0/s1. The molecular weight excluding hydrogens is 246 g/mol. The lowest BCUT2D eigenvalue weighted by atomic mass is 9.94. The van der Waals surface area contributed by atoms with Crippen molar-refractivity contribution in [3.8, 4) is 0 Å². The van der Waals surface area contributed by atoms with Crippen LogP contribution in [0, 0.1) is 5.92 Å². The fraction of sp³-hybridized carbons (Fsp3) is 0.857. The van der Waals surface area contributed by atoms with Gasteiger partial charge in [0.05, 0.1) is 12.5 Å². The molecule has 0 saturated carbocycles. The molecule has 0 aliphatic carbocycles. The number of rotatable bonds is 4. The fourth-order valence-corrected chi connectivity index (χ4v) is 3.05. The third-order valence-electron chi connectivity index (χ3n) is 4.11. The summed E-state index contributed by atoms with van der Waals surface area (Å²) in [6, 6.07) is 0.110. The molecule has 0 bridgehead atoms. The first-order chi connectivity index (χ1) is 9.18. The smallest absolute Gasteiger partial charge is 0.303 e. The molecule has 19 heavy (non-hydrogen) atoms. The Bertz CT molecular complexity index is 325. The first-order valence-corrected chi connectivity index (χ1v) is 7.28. The van der Waals surface area contributed by atoms with E-state index in [1.54, 1.807) is 0 Å². The molecule has 1 amide bonds. The zero-order valence-corrected chi connectivity index (χ0v) is 11.3. The van der Waals surface area contributed by atoms with Crippen LogP contribution in [0.5, 0.6) is 0 Å². The van der Waals surface area contributed by atoms with Gasteiger partial charge in [0.15, 0.2) is 0 Å². The van der Waals surface area contributed by atoms with Crippen molar-refractivity contribution in [3.63, 3.8) is 0 Å². The third-order valence-corrected chi connectivity index (χ3v) is 4.11. The summed E-state index contributed by atoms with van der Waals surface area (Å²) in [6.45, 7) is 2.06. The predicted octanol–water partition coefficient (Wildman–Crippen LogP) is 1.66. The average molecular weight is 269 g/mol. The third kappa shape index (κ3) is 3.93. The number of hydrogen-bond donors (Lipinski definition) is 1. The van der Waals surface area contributed by atoms with E-state index in [9.17, 15) is 9.59 Å². The number of hydrogen-bond acceptors (Lipinski definition) is 3. The topological polar surface area (TPSA) is 66.8 Å². The zero-order chi connectivity index (χ0) is 13.7. The number of carboxylic acid groups (broad SMARTS) is 1. The Balaban J connectivity index is 1.93. The largest absolute Gasteiger partial charge is 0.481 e. The van der Waals surface area contributed by atoms with Gasteiger partial charge >= 0.3 is 5.97 Å². The van der Waals surface area contributed by atoms with Gasteiger partial charge in [0.2, 0.25) is 5.91 Å². The molecule has 2 aliphatic heterocycles. The van der Waals surface area contributed by atoms with Crippen LogP contribution in [0.25, 0.3) is 0 Å². The Kier molecular flexibility index (Phi) is 5.19. The lowest BCUT2D eigenvalue weighted by Crippen LogP contribution is -2.48. The van der Waals surface area contributed by atoms with Crippen LogP contribution in [0.15, 0.2) is 0 Å². The van der Waals surface area contributed by atoms with Gasteiger partial charge in [0.1, 0.15) is 0 Å². The SMILES string of the molecule is O=C(O)CC[C@@H]1CCCCN1C(=O)[C@H]1CCCOC1. The Morgan fingerprint density at radius 1 is 1.21 bits per heavy atom. The molecule has 2 heterocycles. The summed E-state index contributed by atoms with van der Waals surface area (Å²) in [5.74, 6) is -0.618. The van der Waals surface area contributed by atoms with Gasteiger partial charge in [0.25, 0.3) is 0 Å². The van der Waals surface area contributed by atoms with Crippen molar-refractivity contribution < 1.29 is 19.4 Å². The van der Waals surface area contributed by atoms with Crippen LogP contribution in [-0.4, -0.2) is 47.7 Å². The maximum absolute atomic E-state index is 12.5. The van der Waals surface area contributed by atoms with Crippen LogP contribution in [0.4, 0.5) is 0 Å². The van der Waals surface area contributed by atoms with E-state index >= 15 is 0 Å². The summed E-state index contributed by atoms with van der Waals surface area (Å²) in [5, 5.41) is 8.79. The van der Waals surface area contributed by atoms with Crippen molar-refractivity contribution in [2.75, 3.05) is 19.8 Å². The van der Waals surface area contributed by atoms with Gasteiger partial charge in [-0.05, 0) is 38.5 Å². The van der Waals surface area contributed by atoms with E-state index in [2.05, 4.69) is 0 Å². The molecular formula is C14H23NO4. The second-order valence-electron chi connectivity index (χ2n) is 5.53. The summed E-state index contributed by atoms with van der Waals surface area (Å²) in [7, 11) is 0. The van der Waals surface area contributed by atoms with Crippen LogP contribution in [0.2, 0.25) is 0 Å². The summed E-state index contributed by atoms with van der Waals surface area (Å²) in [6.07, 6.45) is 5.64. The molecule has 2 rings (SSSR count). The molecule has 0 spiro atoms. The second-order valence-corrected chi connectivity index (χ2v) is 5.53. The number of amides is 1. The van der Waals surface area contributed by atoms with Crippen LogP contribution in [-0.2, 0) is 14.3 Å². The van der Waals surface area contributed by atoms with Crippen molar-refractivity contribution in [1.82, 2.24) is 4.90 Å². The molecule has 2 aliphatic rings. The molecule has 5 nitrogen and oxygen atoms in total. The number of carbonyl (C=O) groups excluding carboxylic acids is 1. The normalized spacial score (nSPS) is 28.1. The number of ether oxygens (including phenoxy) is 1. The van der Waals surface area contributed by atoms with E-state index in [0.29, 0.717) is 13.0 Å². The first kappa shape index (κ1) is 14.3. The zero-order valence-electron chi connectivity index (χ0n) is 11.3. The van der Waals surface area contributed by atoms with Crippen molar-refractivity contribution >= 4 is 11.9 Å². The molecule has 0 aromatic carbocycles. The molecule has 2 atom stereocenters. The van der Waals surface area contributed by atoms with Crippen molar-refractivity contribution in [3.05, 3.63) is 0 Å². The molecule has 1 N–H and O–H groups in total. The number of aliphatic carboxylic acids is 1. The van der Waals surface area contributed by atoms with Gasteiger partial charge in [0, 0.05) is 25.6 Å². The number of piperidine rings is 1. The maximum atomic E-state index is 12.5. The minimum atomic E-state index is -0.779. The highest BCUT2D eigenvalue weighted by molar-refractivity contribution is 5.79. The highest BCUT2D eigenvalue weighted by Crippen LogP contribution is 2.25. The lowest BCUT2D eigenvalue weighted by Gasteiger charge is -2.38. The van der Waals surface area contributed by atoms with Gasteiger partial charge in [-0.2, -0.15) is 0 Å². The Morgan fingerprint density at radius 3 is 2.74 bits per heavy atom. The van der Waals surface area contributed by atoms with Crippen LogP contribution < -0.4 is 0 Å². The predicted molar refractivity (Wildman–Crippen MR) is 69.8 cm³/mol. The first-order valence-electron chi connectivity index (χ1n) is 7.28. The molecule has 2 fully saturated rings. The van der Waals surface area contributed by atoms with E-state index in [4.69, 9.17) is 9.84 Å². The number of carbonyl (C=O) groups is 2. The summed E-state index contributed by atoms with van der Waals surface area (Å²) in [5.41, 5.74) is 0. The number of nitrogens with zero attached hydrogens (tertiary/aromatic N) is 1. The van der Waals surface area contributed by atoms with Crippen molar-refractivity contribution in [1.29, 1.82) is 0 Å². The minimum absolute atomic E-state index is 0.0146. The summed E-state index contributed by atoms with van der Waals surface area (Å²) >= 11 is 0. The van der Waals surface area contributed by atoms with Gasteiger partial charge < -0.3 is 14.7 Å². The van der Waals surface area contributed by atoms with Crippen LogP contribution in [0.1, 0.15) is 44.9 Å². The van der Waals surface area contributed by atoms with Gasteiger partial charge in [-0.3, -0.25) is 9.59 Å². The van der Waals surface area contributed by atoms with Crippen LogP contribution >= 0.6 is 0 Å². The average Bonchev–Trinajstić information content (AvgIpc) is 2.45. The monoisotopic (exact) mass is 269 g/mol. The Morgan fingerprint density at radius 2 is 2.05 bits per heavy atom. The van der Waals surface area contributed by atoms with Crippen molar-refractivity contribution in [2.24, 2.45) is 5.92 Å². The van der Waals surface area contributed by atoms with Gasteiger partial charge in [-0.1, -0.05) is 0 Å². The lowest BCUT2D eigenvalue weighted by molar-refractivity contribution is -0.145. The molecule has 0 unspecified atom stereocenters. The summed E-state index contributed by atoms with van der Waals surface area (Å²) in [4.78, 5) is 25.1. The number of likely N-dealkylation sites (tertiary alicyclic amines) is 1. The second kappa shape index (κ2) is 6.89. The van der Waals surface area contributed by atoms with Gasteiger partial charge in [-0.15, -0.1) is 0 Å². The highest BCUT2D eigenvalue weighted by atomic mass is 16.5. The molecule has 0 aromatic heterocycles. The number of carboxylic acids is 1. The molecule has 0 aromatic rings. The van der Waals surface area contributed by atoms with E-state index < -0.39 is 5.97 Å². The fourth-order valence-electron chi connectivity index (χ4n) is 3.05. The van der Waals surface area contributed by atoms with E-state index in [0.717, 1.165) is 45.3 Å². The Labute approximate surface area is 113 Å². The molecule has 2 saturated heterocycles. The Hall–Kier alpha value is -1.10. The van der Waals surface area contributed by atoms with E-state index in [1.165, 1.54) is 0 Å². The van der Waals surface area contributed by atoms with E-state index in [-0.39, 0.29) is 24.3 Å². The molecule has 5 heteroatoms. The van der Waals surface area contributed by atoms with E-state index in [1.807, 2.05) is 4.90 Å². The molecule has 0 radical (unpaired) electrons. The minimum Gasteiger partial charge on any atom is -0.481 e. The van der Waals surface area contributed by atoms with Crippen LogP contribution in [0.3, 0.4) is 0 Å². The quantitative estimate of drug-likeness (QED) is 0.843. The summed E-state index contributed by atoms with van der Waals surface area (Å²) < 4.78 is 5.39. The molecule has 108 valence electrons. The highest BCUT2D eigenvalue weighted by Gasteiger charge is 2.32.